The molecule has 0 unspecified atom stereocenters. The number of morpholine rings is 1. The van der Waals surface area contributed by atoms with E-state index in [1.807, 2.05) is 11.3 Å². The zero-order valence-corrected chi connectivity index (χ0v) is 9.37. The molecular formula is C11H14N2OS. The minimum atomic E-state index is 0.848. The number of rotatable bonds is 1. The van der Waals surface area contributed by atoms with Crippen LogP contribution in [0, 0.1) is 0 Å². The first kappa shape index (κ1) is 9.39. The normalized spacial score (nSPS) is 21.7. The van der Waals surface area contributed by atoms with E-state index in [1.165, 1.54) is 10.4 Å². The van der Waals surface area contributed by atoms with Gasteiger partial charge in [0.15, 0.2) is 0 Å². The molecule has 80 valence electrons. The van der Waals surface area contributed by atoms with Crippen molar-refractivity contribution in [3.8, 4) is 0 Å². The maximum atomic E-state index is 5.35. The SMILES string of the molecule is C1=CN(N2CCOCC2)Cc2ccsc21. The fourth-order valence-electron chi connectivity index (χ4n) is 2.01. The molecule has 0 aliphatic carbocycles. The summed E-state index contributed by atoms with van der Waals surface area (Å²) in [6.07, 6.45) is 4.39. The Balaban J connectivity index is 1.74. The Morgan fingerprint density at radius 1 is 1.27 bits per heavy atom. The predicted molar refractivity (Wildman–Crippen MR) is 61.3 cm³/mol. The van der Waals surface area contributed by atoms with Gasteiger partial charge in [-0.25, -0.2) is 5.01 Å². The zero-order valence-electron chi connectivity index (χ0n) is 8.56. The topological polar surface area (TPSA) is 15.7 Å². The molecule has 3 rings (SSSR count). The van der Waals surface area contributed by atoms with E-state index in [4.69, 9.17) is 4.74 Å². The van der Waals surface area contributed by atoms with Gasteiger partial charge in [-0.2, -0.15) is 0 Å². The van der Waals surface area contributed by atoms with Crippen LogP contribution in [0.5, 0.6) is 0 Å². The highest BCUT2D eigenvalue weighted by Gasteiger charge is 2.19. The summed E-state index contributed by atoms with van der Waals surface area (Å²) < 4.78 is 5.35. The van der Waals surface area contributed by atoms with Crippen LogP contribution < -0.4 is 0 Å². The fraction of sp³-hybridized carbons (Fsp3) is 0.455. The predicted octanol–water partition coefficient (Wildman–Crippen LogP) is 1.78. The monoisotopic (exact) mass is 222 g/mol. The first-order valence-electron chi connectivity index (χ1n) is 5.27. The lowest BCUT2D eigenvalue weighted by Gasteiger charge is -2.37. The molecule has 2 aliphatic rings. The third-order valence-electron chi connectivity index (χ3n) is 2.86. The molecule has 1 fully saturated rings. The second kappa shape index (κ2) is 3.96. The van der Waals surface area contributed by atoms with Gasteiger partial charge in [0, 0.05) is 24.2 Å². The van der Waals surface area contributed by atoms with Gasteiger partial charge in [-0.3, -0.25) is 0 Å². The number of ether oxygens (including phenoxy) is 1. The summed E-state index contributed by atoms with van der Waals surface area (Å²) in [5.74, 6) is 0. The summed E-state index contributed by atoms with van der Waals surface area (Å²) >= 11 is 1.82. The Hall–Kier alpha value is -0.840. The van der Waals surface area contributed by atoms with Crippen molar-refractivity contribution in [3.05, 3.63) is 28.1 Å². The Bertz CT molecular complexity index is 368. The fourth-order valence-corrected chi connectivity index (χ4v) is 2.81. The maximum Gasteiger partial charge on any atom is 0.0612 e. The molecule has 1 saturated heterocycles. The first-order chi connectivity index (χ1) is 7.43. The Morgan fingerprint density at radius 3 is 3.00 bits per heavy atom. The standard InChI is InChI=1S/C11H14N2OS/c1-3-13(12-4-6-14-7-5-12)9-10-2-8-15-11(1)10/h1-3,8H,4-7,9H2. The van der Waals surface area contributed by atoms with Crippen LogP contribution in [0.1, 0.15) is 10.4 Å². The van der Waals surface area contributed by atoms with Crippen LogP contribution >= 0.6 is 11.3 Å². The number of fused-ring (bicyclic) bond motifs is 1. The summed E-state index contributed by atoms with van der Waals surface area (Å²) in [7, 11) is 0. The van der Waals surface area contributed by atoms with E-state index in [2.05, 4.69) is 33.7 Å². The molecule has 4 heteroatoms. The highest BCUT2D eigenvalue weighted by Crippen LogP contribution is 2.25. The largest absolute Gasteiger partial charge is 0.379 e. The Morgan fingerprint density at radius 2 is 2.13 bits per heavy atom. The van der Waals surface area contributed by atoms with E-state index in [-0.39, 0.29) is 0 Å². The maximum absolute atomic E-state index is 5.35. The summed E-state index contributed by atoms with van der Waals surface area (Å²) in [5.41, 5.74) is 1.44. The van der Waals surface area contributed by atoms with Crippen LogP contribution in [-0.2, 0) is 11.3 Å². The van der Waals surface area contributed by atoms with Crippen molar-refractivity contribution in [1.29, 1.82) is 0 Å². The molecule has 0 N–H and O–H groups in total. The van der Waals surface area contributed by atoms with Crippen LogP contribution in [0.25, 0.3) is 6.08 Å². The summed E-state index contributed by atoms with van der Waals surface area (Å²) in [6, 6.07) is 2.22. The molecule has 0 bridgehead atoms. The molecule has 1 aromatic heterocycles. The Kier molecular flexibility index (Phi) is 2.48. The smallest absolute Gasteiger partial charge is 0.0612 e. The van der Waals surface area contributed by atoms with Gasteiger partial charge in [-0.15, -0.1) is 11.3 Å². The number of thiophene rings is 1. The van der Waals surface area contributed by atoms with Crippen molar-refractivity contribution in [3.63, 3.8) is 0 Å². The molecule has 0 aromatic carbocycles. The van der Waals surface area contributed by atoms with Crippen molar-refractivity contribution in [2.45, 2.75) is 6.54 Å². The lowest BCUT2D eigenvalue weighted by molar-refractivity contribution is -0.0673. The average molecular weight is 222 g/mol. The van der Waals surface area contributed by atoms with E-state index >= 15 is 0 Å². The molecule has 0 amide bonds. The lowest BCUT2D eigenvalue weighted by Crippen LogP contribution is -2.46. The van der Waals surface area contributed by atoms with Crippen molar-refractivity contribution in [1.82, 2.24) is 10.0 Å². The summed E-state index contributed by atoms with van der Waals surface area (Å²) in [5, 5.41) is 6.83. The van der Waals surface area contributed by atoms with Gasteiger partial charge in [-0.1, -0.05) is 0 Å². The molecule has 0 radical (unpaired) electrons. The average Bonchev–Trinajstić information content (AvgIpc) is 2.77. The van der Waals surface area contributed by atoms with Crippen LogP contribution in [0.2, 0.25) is 0 Å². The van der Waals surface area contributed by atoms with Crippen molar-refractivity contribution in [2.75, 3.05) is 26.3 Å². The van der Waals surface area contributed by atoms with Crippen LogP contribution in [0.4, 0.5) is 0 Å². The molecule has 0 saturated carbocycles. The van der Waals surface area contributed by atoms with Crippen LogP contribution in [0.15, 0.2) is 17.6 Å². The van der Waals surface area contributed by atoms with Gasteiger partial charge in [0.1, 0.15) is 0 Å². The first-order valence-corrected chi connectivity index (χ1v) is 6.15. The molecule has 2 aliphatic heterocycles. The number of nitrogens with zero attached hydrogens (tertiary/aromatic N) is 2. The summed E-state index contributed by atoms with van der Waals surface area (Å²) in [6.45, 7) is 4.71. The van der Waals surface area contributed by atoms with E-state index in [0.717, 1.165) is 32.8 Å². The van der Waals surface area contributed by atoms with Crippen molar-refractivity contribution < 1.29 is 4.74 Å². The van der Waals surface area contributed by atoms with E-state index < -0.39 is 0 Å². The molecule has 0 atom stereocenters. The van der Waals surface area contributed by atoms with Gasteiger partial charge in [0.05, 0.1) is 19.8 Å². The van der Waals surface area contributed by atoms with Gasteiger partial charge in [0.25, 0.3) is 0 Å². The van der Waals surface area contributed by atoms with E-state index in [9.17, 15) is 0 Å². The van der Waals surface area contributed by atoms with Gasteiger partial charge in [0.2, 0.25) is 0 Å². The zero-order chi connectivity index (χ0) is 10.1. The van der Waals surface area contributed by atoms with E-state index in [0.29, 0.717) is 0 Å². The van der Waals surface area contributed by atoms with Gasteiger partial charge in [-0.05, 0) is 23.1 Å². The molecule has 3 nitrogen and oxygen atoms in total. The molecular weight excluding hydrogens is 208 g/mol. The number of hydrazine groups is 1. The highest BCUT2D eigenvalue weighted by atomic mass is 32.1. The second-order valence-electron chi connectivity index (χ2n) is 3.79. The molecule has 1 aromatic rings. The van der Waals surface area contributed by atoms with Gasteiger partial charge < -0.3 is 9.75 Å². The third-order valence-corrected chi connectivity index (χ3v) is 3.79. The minimum Gasteiger partial charge on any atom is -0.379 e. The minimum absolute atomic E-state index is 0.848. The van der Waals surface area contributed by atoms with Gasteiger partial charge >= 0.3 is 0 Å². The number of hydrogen-bond donors (Lipinski definition) is 0. The number of hydrogen-bond acceptors (Lipinski definition) is 4. The second-order valence-corrected chi connectivity index (χ2v) is 4.74. The summed E-state index contributed by atoms with van der Waals surface area (Å²) in [4.78, 5) is 1.40. The third kappa shape index (κ3) is 1.80. The quantitative estimate of drug-likeness (QED) is 0.720. The molecule has 0 spiro atoms. The highest BCUT2D eigenvalue weighted by molar-refractivity contribution is 7.11. The van der Waals surface area contributed by atoms with Crippen molar-refractivity contribution in [2.24, 2.45) is 0 Å². The Labute approximate surface area is 93.5 Å². The molecule has 15 heavy (non-hydrogen) atoms. The van der Waals surface area contributed by atoms with E-state index in [1.54, 1.807) is 0 Å². The van der Waals surface area contributed by atoms with Crippen LogP contribution in [-0.4, -0.2) is 36.3 Å². The lowest BCUT2D eigenvalue weighted by atomic mass is 10.2. The van der Waals surface area contributed by atoms with Crippen molar-refractivity contribution >= 4 is 17.4 Å². The molecule has 3 heterocycles. The van der Waals surface area contributed by atoms with Crippen LogP contribution in [0.3, 0.4) is 0 Å².